The van der Waals surface area contributed by atoms with E-state index in [9.17, 15) is 9.59 Å². The predicted molar refractivity (Wildman–Crippen MR) is 98.9 cm³/mol. The van der Waals surface area contributed by atoms with E-state index in [-0.39, 0.29) is 17.4 Å². The van der Waals surface area contributed by atoms with E-state index in [2.05, 4.69) is 4.98 Å². The van der Waals surface area contributed by atoms with Crippen molar-refractivity contribution in [2.75, 3.05) is 26.3 Å². The van der Waals surface area contributed by atoms with Crippen LogP contribution in [0.15, 0.2) is 35.4 Å². The summed E-state index contributed by atoms with van der Waals surface area (Å²) >= 11 is 0. The molecule has 2 aliphatic rings. The molecule has 4 rings (SSSR count). The van der Waals surface area contributed by atoms with E-state index >= 15 is 0 Å². The van der Waals surface area contributed by atoms with Crippen molar-refractivity contribution < 1.29 is 9.53 Å². The van der Waals surface area contributed by atoms with Crippen LogP contribution in [-0.2, 0) is 16.1 Å². The minimum atomic E-state index is 0.0244. The molecule has 2 aliphatic heterocycles. The third-order valence-electron chi connectivity index (χ3n) is 5.68. The first kappa shape index (κ1) is 17.2. The molecule has 6 heteroatoms. The quantitative estimate of drug-likeness (QED) is 0.845. The van der Waals surface area contributed by atoms with Gasteiger partial charge in [-0.15, -0.1) is 0 Å². The van der Waals surface area contributed by atoms with Gasteiger partial charge in [0, 0.05) is 38.8 Å². The van der Waals surface area contributed by atoms with Gasteiger partial charge in [0.25, 0.3) is 5.56 Å². The molecule has 1 aromatic carbocycles. The average Bonchev–Trinajstić information content (AvgIpc) is 2.71. The molecule has 3 heterocycles. The molecule has 0 unspecified atom stereocenters. The highest BCUT2D eigenvalue weighted by molar-refractivity contribution is 5.79. The SMILES string of the molecule is O=C(C1CCOCC1)N1CCC(Cn2cnc3ccccc3c2=O)CC1. The average molecular weight is 355 g/mol. The van der Waals surface area contributed by atoms with E-state index in [1.54, 1.807) is 10.9 Å². The molecule has 138 valence electrons. The summed E-state index contributed by atoms with van der Waals surface area (Å²) in [5.41, 5.74) is 0.766. The molecule has 2 saturated heterocycles. The number of benzene rings is 1. The van der Waals surface area contributed by atoms with Gasteiger partial charge in [-0.2, -0.15) is 0 Å². The lowest BCUT2D eigenvalue weighted by atomic mass is 9.93. The Kier molecular flexibility index (Phi) is 5.02. The maximum Gasteiger partial charge on any atom is 0.261 e. The topological polar surface area (TPSA) is 64.4 Å². The highest BCUT2D eigenvalue weighted by Gasteiger charge is 2.29. The van der Waals surface area contributed by atoms with Crippen LogP contribution in [0.2, 0.25) is 0 Å². The number of aromatic nitrogens is 2. The van der Waals surface area contributed by atoms with Gasteiger partial charge in [-0.05, 0) is 43.7 Å². The van der Waals surface area contributed by atoms with E-state index in [1.807, 2.05) is 29.2 Å². The molecule has 0 aliphatic carbocycles. The number of nitrogens with zero attached hydrogens (tertiary/aromatic N) is 3. The van der Waals surface area contributed by atoms with Crippen LogP contribution in [0.3, 0.4) is 0 Å². The van der Waals surface area contributed by atoms with E-state index in [0.29, 0.717) is 31.1 Å². The van der Waals surface area contributed by atoms with Gasteiger partial charge in [-0.25, -0.2) is 4.98 Å². The van der Waals surface area contributed by atoms with Crippen molar-refractivity contribution in [2.45, 2.75) is 32.2 Å². The fraction of sp³-hybridized carbons (Fsp3) is 0.550. The van der Waals surface area contributed by atoms with Crippen molar-refractivity contribution in [3.05, 3.63) is 40.9 Å². The van der Waals surface area contributed by atoms with E-state index in [1.165, 1.54) is 0 Å². The summed E-state index contributed by atoms with van der Waals surface area (Å²) < 4.78 is 7.08. The number of carbonyl (C=O) groups is 1. The zero-order valence-electron chi connectivity index (χ0n) is 15.0. The summed E-state index contributed by atoms with van der Waals surface area (Å²) in [6.45, 7) is 3.65. The van der Waals surface area contributed by atoms with Crippen LogP contribution in [0.5, 0.6) is 0 Å². The molecule has 26 heavy (non-hydrogen) atoms. The van der Waals surface area contributed by atoms with Gasteiger partial charge in [0.2, 0.25) is 5.91 Å². The smallest absolute Gasteiger partial charge is 0.261 e. The minimum absolute atomic E-state index is 0.0244. The Morgan fingerprint density at radius 2 is 1.85 bits per heavy atom. The third-order valence-corrected chi connectivity index (χ3v) is 5.68. The second-order valence-corrected chi connectivity index (χ2v) is 7.37. The number of rotatable bonds is 3. The molecule has 0 atom stereocenters. The second kappa shape index (κ2) is 7.58. The van der Waals surface area contributed by atoms with Gasteiger partial charge in [0.15, 0.2) is 0 Å². The Balaban J connectivity index is 1.37. The molecule has 2 aromatic rings. The Morgan fingerprint density at radius 3 is 2.62 bits per heavy atom. The second-order valence-electron chi connectivity index (χ2n) is 7.37. The van der Waals surface area contributed by atoms with Crippen molar-refractivity contribution in [3.63, 3.8) is 0 Å². The Labute approximate surface area is 152 Å². The summed E-state index contributed by atoms with van der Waals surface area (Å²) in [4.78, 5) is 31.7. The lowest BCUT2D eigenvalue weighted by Crippen LogP contribution is -2.44. The van der Waals surface area contributed by atoms with Gasteiger partial charge in [-0.1, -0.05) is 12.1 Å². The molecular formula is C20H25N3O3. The van der Waals surface area contributed by atoms with Crippen molar-refractivity contribution in [1.82, 2.24) is 14.5 Å². The zero-order chi connectivity index (χ0) is 17.9. The van der Waals surface area contributed by atoms with Crippen molar-refractivity contribution in [2.24, 2.45) is 11.8 Å². The van der Waals surface area contributed by atoms with Crippen molar-refractivity contribution in [3.8, 4) is 0 Å². The summed E-state index contributed by atoms with van der Waals surface area (Å²) in [5.74, 6) is 0.832. The van der Waals surface area contributed by atoms with Crippen molar-refractivity contribution in [1.29, 1.82) is 0 Å². The van der Waals surface area contributed by atoms with Gasteiger partial charge in [0.05, 0.1) is 17.2 Å². The highest BCUT2D eigenvalue weighted by atomic mass is 16.5. The van der Waals surface area contributed by atoms with Crippen LogP contribution >= 0.6 is 0 Å². The summed E-state index contributed by atoms with van der Waals surface area (Å²) in [6.07, 6.45) is 5.22. The molecule has 1 amide bonds. The van der Waals surface area contributed by atoms with E-state index in [0.717, 1.165) is 44.3 Å². The number of amides is 1. The number of para-hydroxylation sites is 1. The lowest BCUT2D eigenvalue weighted by Gasteiger charge is -2.35. The standard InChI is InChI=1S/C20H25N3O3/c24-19(16-7-11-26-12-8-16)22-9-5-15(6-10-22)13-23-14-21-18-4-2-1-3-17(18)20(23)25/h1-4,14-16H,5-13H2. The van der Waals surface area contributed by atoms with Crippen molar-refractivity contribution >= 4 is 16.8 Å². The zero-order valence-corrected chi connectivity index (χ0v) is 15.0. The number of fused-ring (bicyclic) bond motifs is 1. The van der Waals surface area contributed by atoms with Crippen LogP contribution in [0.25, 0.3) is 10.9 Å². The van der Waals surface area contributed by atoms with Gasteiger partial charge < -0.3 is 9.64 Å². The lowest BCUT2D eigenvalue weighted by molar-refractivity contribution is -0.140. The van der Waals surface area contributed by atoms with Crippen LogP contribution in [0, 0.1) is 11.8 Å². The van der Waals surface area contributed by atoms with Crippen LogP contribution < -0.4 is 5.56 Å². The Bertz CT molecular complexity index is 834. The first-order chi connectivity index (χ1) is 12.7. The third kappa shape index (κ3) is 3.51. The van der Waals surface area contributed by atoms with E-state index < -0.39 is 0 Å². The Morgan fingerprint density at radius 1 is 1.12 bits per heavy atom. The normalized spacial score (nSPS) is 19.8. The first-order valence-electron chi connectivity index (χ1n) is 9.53. The molecule has 0 radical (unpaired) electrons. The monoisotopic (exact) mass is 355 g/mol. The summed E-state index contributed by atoms with van der Waals surface area (Å²) in [7, 11) is 0. The maximum atomic E-state index is 12.6. The van der Waals surface area contributed by atoms with Crippen LogP contribution in [-0.4, -0.2) is 46.7 Å². The fourth-order valence-electron chi connectivity index (χ4n) is 4.05. The number of ether oxygens (including phenoxy) is 1. The summed E-state index contributed by atoms with van der Waals surface area (Å²) in [6, 6.07) is 7.46. The molecular weight excluding hydrogens is 330 g/mol. The minimum Gasteiger partial charge on any atom is -0.381 e. The largest absolute Gasteiger partial charge is 0.381 e. The molecule has 6 nitrogen and oxygen atoms in total. The fourth-order valence-corrected chi connectivity index (χ4v) is 4.05. The number of carbonyl (C=O) groups excluding carboxylic acids is 1. The molecule has 1 aromatic heterocycles. The predicted octanol–water partition coefficient (Wildman–Crippen LogP) is 2.06. The molecule has 2 fully saturated rings. The maximum absolute atomic E-state index is 12.6. The van der Waals surface area contributed by atoms with Gasteiger partial charge >= 0.3 is 0 Å². The molecule has 0 bridgehead atoms. The Hall–Kier alpha value is -2.21. The first-order valence-corrected chi connectivity index (χ1v) is 9.53. The number of hydrogen-bond acceptors (Lipinski definition) is 4. The molecule has 0 saturated carbocycles. The summed E-state index contributed by atoms with van der Waals surface area (Å²) in [5, 5.41) is 0.669. The molecule has 0 spiro atoms. The van der Waals surface area contributed by atoms with E-state index in [4.69, 9.17) is 4.74 Å². The van der Waals surface area contributed by atoms with Gasteiger partial charge in [-0.3, -0.25) is 14.2 Å². The number of piperidine rings is 1. The van der Waals surface area contributed by atoms with Crippen LogP contribution in [0.4, 0.5) is 0 Å². The van der Waals surface area contributed by atoms with Gasteiger partial charge in [0.1, 0.15) is 0 Å². The van der Waals surface area contributed by atoms with Crippen LogP contribution in [0.1, 0.15) is 25.7 Å². The number of hydrogen-bond donors (Lipinski definition) is 0. The molecule has 0 N–H and O–H groups in total. The highest BCUT2D eigenvalue weighted by Crippen LogP contribution is 2.23. The number of likely N-dealkylation sites (tertiary alicyclic amines) is 1.